The summed E-state index contributed by atoms with van der Waals surface area (Å²) in [6, 6.07) is 14.3. The summed E-state index contributed by atoms with van der Waals surface area (Å²) < 4.78 is 0. The standard InChI is InChI=1S/C24H30ClN3O/c1-16(2)28-12-10-24(11-13-28)26-21(18-6-4-17(3)5-7-18)15-22(27-24)20-14-19(25)8-9-23(20)29/h4-9,14-16,22,26-27,29H,10-13H2,1-3H3. The summed E-state index contributed by atoms with van der Waals surface area (Å²) in [6.45, 7) is 8.68. The van der Waals surface area contributed by atoms with E-state index in [0.717, 1.165) is 42.8 Å². The van der Waals surface area contributed by atoms with Crippen molar-refractivity contribution in [3.63, 3.8) is 0 Å². The summed E-state index contributed by atoms with van der Waals surface area (Å²) in [5.74, 6) is 0.267. The summed E-state index contributed by atoms with van der Waals surface area (Å²) in [5.41, 5.74) is 4.11. The lowest BCUT2D eigenvalue weighted by atomic mass is 9.88. The topological polar surface area (TPSA) is 47.5 Å². The van der Waals surface area contributed by atoms with Crippen molar-refractivity contribution in [2.24, 2.45) is 0 Å². The minimum Gasteiger partial charge on any atom is -0.508 e. The number of aromatic hydroxyl groups is 1. The maximum Gasteiger partial charge on any atom is 0.120 e. The van der Waals surface area contributed by atoms with Crippen LogP contribution in [0.5, 0.6) is 5.75 Å². The quantitative estimate of drug-likeness (QED) is 0.677. The van der Waals surface area contributed by atoms with Gasteiger partial charge in [0.1, 0.15) is 5.75 Å². The minimum atomic E-state index is -0.209. The largest absolute Gasteiger partial charge is 0.508 e. The number of rotatable bonds is 3. The average Bonchev–Trinajstić information content (AvgIpc) is 2.70. The summed E-state index contributed by atoms with van der Waals surface area (Å²) in [5, 5.41) is 18.8. The summed E-state index contributed by atoms with van der Waals surface area (Å²) in [4.78, 5) is 2.52. The van der Waals surface area contributed by atoms with E-state index in [9.17, 15) is 5.11 Å². The number of likely N-dealkylation sites (tertiary alicyclic amines) is 1. The Labute approximate surface area is 178 Å². The molecule has 0 radical (unpaired) electrons. The van der Waals surface area contributed by atoms with Gasteiger partial charge in [0.25, 0.3) is 0 Å². The number of phenolic OH excluding ortho intramolecular Hbond substituents is 1. The Morgan fingerprint density at radius 1 is 1.10 bits per heavy atom. The molecule has 0 saturated carbocycles. The van der Waals surface area contributed by atoms with E-state index in [-0.39, 0.29) is 17.5 Å². The third-order valence-electron chi connectivity index (χ3n) is 6.21. The van der Waals surface area contributed by atoms with E-state index in [1.807, 2.05) is 6.07 Å². The van der Waals surface area contributed by atoms with Crippen LogP contribution in [0.2, 0.25) is 5.02 Å². The van der Waals surface area contributed by atoms with Gasteiger partial charge in [0.15, 0.2) is 0 Å². The molecule has 29 heavy (non-hydrogen) atoms. The molecule has 2 aromatic carbocycles. The van der Waals surface area contributed by atoms with Gasteiger partial charge < -0.3 is 15.3 Å². The molecule has 0 aromatic heterocycles. The highest BCUT2D eigenvalue weighted by Crippen LogP contribution is 2.37. The molecular weight excluding hydrogens is 382 g/mol. The van der Waals surface area contributed by atoms with Crippen LogP contribution in [-0.2, 0) is 0 Å². The zero-order valence-electron chi connectivity index (χ0n) is 17.4. The van der Waals surface area contributed by atoms with Crippen molar-refractivity contribution in [3.05, 3.63) is 70.3 Å². The summed E-state index contributed by atoms with van der Waals surface area (Å²) in [6.07, 6.45) is 4.15. The van der Waals surface area contributed by atoms with Crippen molar-refractivity contribution >= 4 is 17.3 Å². The van der Waals surface area contributed by atoms with Crippen molar-refractivity contribution in [2.75, 3.05) is 13.1 Å². The first-order chi connectivity index (χ1) is 13.8. The maximum atomic E-state index is 10.5. The van der Waals surface area contributed by atoms with Crippen LogP contribution in [-0.4, -0.2) is 34.8 Å². The van der Waals surface area contributed by atoms with Crippen LogP contribution in [0.25, 0.3) is 5.70 Å². The van der Waals surface area contributed by atoms with E-state index in [1.165, 1.54) is 5.56 Å². The number of phenols is 1. The Morgan fingerprint density at radius 2 is 1.79 bits per heavy atom. The summed E-state index contributed by atoms with van der Waals surface area (Å²) >= 11 is 6.26. The van der Waals surface area contributed by atoms with Gasteiger partial charge in [-0.25, -0.2) is 0 Å². The molecule has 2 aliphatic rings. The summed E-state index contributed by atoms with van der Waals surface area (Å²) in [7, 11) is 0. The fourth-order valence-corrected chi connectivity index (χ4v) is 4.56. The van der Waals surface area contributed by atoms with Gasteiger partial charge in [0.05, 0.1) is 11.7 Å². The monoisotopic (exact) mass is 411 g/mol. The average molecular weight is 412 g/mol. The molecule has 4 nitrogen and oxygen atoms in total. The fraction of sp³-hybridized carbons (Fsp3) is 0.417. The highest BCUT2D eigenvalue weighted by atomic mass is 35.5. The first kappa shape index (κ1) is 20.3. The van der Waals surface area contributed by atoms with Gasteiger partial charge >= 0.3 is 0 Å². The van der Waals surface area contributed by atoms with Gasteiger partial charge in [-0.1, -0.05) is 41.4 Å². The number of hydrogen-bond acceptors (Lipinski definition) is 4. The van der Waals surface area contributed by atoms with Crippen molar-refractivity contribution in [3.8, 4) is 5.75 Å². The van der Waals surface area contributed by atoms with Crippen LogP contribution in [0, 0.1) is 6.92 Å². The normalized spacial score (nSPS) is 21.8. The number of benzene rings is 2. The Balaban J connectivity index is 1.71. The molecule has 0 amide bonds. The SMILES string of the molecule is Cc1ccc(C2=CC(c3cc(Cl)ccc3O)NC3(CCN(C(C)C)CC3)N2)cc1. The molecule has 1 spiro atoms. The highest BCUT2D eigenvalue weighted by Gasteiger charge is 2.40. The third kappa shape index (κ3) is 4.30. The lowest BCUT2D eigenvalue weighted by molar-refractivity contribution is 0.0907. The van der Waals surface area contributed by atoms with Crippen LogP contribution < -0.4 is 10.6 Å². The van der Waals surface area contributed by atoms with Gasteiger partial charge in [0.2, 0.25) is 0 Å². The van der Waals surface area contributed by atoms with Crippen molar-refractivity contribution < 1.29 is 5.11 Å². The Hall–Kier alpha value is -2.01. The fourth-order valence-electron chi connectivity index (χ4n) is 4.38. The number of aryl methyl sites for hydroxylation is 1. The van der Waals surface area contributed by atoms with Crippen LogP contribution in [0.15, 0.2) is 48.5 Å². The molecule has 2 aliphatic heterocycles. The van der Waals surface area contributed by atoms with E-state index in [4.69, 9.17) is 11.6 Å². The number of nitrogens with zero attached hydrogens (tertiary/aromatic N) is 1. The van der Waals surface area contributed by atoms with Crippen molar-refractivity contribution in [2.45, 2.75) is 51.4 Å². The zero-order valence-corrected chi connectivity index (χ0v) is 18.1. The Bertz CT molecular complexity index is 899. The van der Waals surface area contributed by atoms with E-state index < -0.39 is 0 Å². The number of piperidine rings is 1. The molecule has 2 heterocycles. The Kier molecular flexibility index (Phi) is 5.60. The molecular formula is C24H30ClN3O. The second-order valence-electron chi connectivity index (χ2n) is 8.61. The molecule has 1 fully saturated rings. The smallest absolute Gasteiger partial charge is 0.120 e. The van der Waals surface area contributed by atoms with E-state index in [0.29, 0.717) is 11.1 Å². The van der Waals surface area contributed by atoms with Crippen molar-refractivity contribution in [1.29, 1.82) is 0 Å². The van der Waals surface area contributed by atoms with Crippen LogP contribution in [0.4, 0.5) is 0 Å². The second-order valence-corrected chi connectivity index (χ2v) is 9.04. The molecule has 154 valence electrons. The van der Waals surface area contributed by atoms with Gasteiger partial charge in [0, 0.05) is 35.4 Å². The molecule has 0 bridgehead atoms. The van der Waals surface area contributed by atoms with Crippen LogP contribution in [0.1, 0.15) is 49.4 Å². The molecule has 3 N–H and O–H groups in total. The predicted molar refractivity (Wildman–Crippen MR) is 120 cm³/mol. The lowest BCUT2D eigenvalue weighted by Gasteiger charge is -2.49. The van der Waals surface area contributed by atoms with E-state index in [2.05, 4.69) is 66.6 Å². The van der Waals surface area contributed by atoms with E-state index >= 15 is 0 Å². The van der Waals surface area contributed by atoms with Gasteiger partial charge in [-0.2, -0.15) is 0 Å². The molecule has 1 saturated heterocycles. The van der Waals surface area contributed by atoms with Gasteiger partial charge in [-0.05, 0) is 63.5 Å². The molecule has 0 aliphatic carbocycles. The number of nitrogens with one attached hydrogen (secondary N) is 2. The van der Waals surface area contributed by atoms with Gasteiger partial charge in [-0.15, -0.1) is 0 Å². The first-order valence-corrected chi connectivity index (χ1v) is 10.8. The Morgan fingerprint density at radius 3 is 2.45 bits per heavy atom. The molecule has 1 unspecified atom stereocenters. The van der Waals surface area contributed by atoms with E-state index in [1.54, 1.807) is 12.1 Å². The predicted octanol–water partition coefficient (Wildman–Crippen LogP) is 4.83. The third-order valence-corrected chi connectivity index (χ3v) is 6.44. The molecule has 5 heteroatoms. The lowest BCUT2D eigenvalue weighted by Crippen LogP contribution is -2.64. The minimum absolute atomic E-state index is 0.114. The second kappa shape index (κ2) is 8.02. The first-order valence-electron chi connectivity index (χ1n) is 10.4. The van der Waals surface area contributed by atoms with Gasteiger partial charge in [-0.3, -0.25) is 5.32 Å². The molecule has 4 rings (SSSR count). The van der Waals surface area contributed by atoms with Crippen LogP contribution >= 0.6 is 11.6 Å². The number of halogens is 1. The molecule has 1 atom stereocenters. The zero-order chi connectivity index (χ0) is 20.6. The van der Waals surface area contributed by atoms with Crippen molar-refractivity contribution in [1.82, 2.24) is 15.5 Å². The molecule has 2 aromatic rings. The maximum absolute atomic E-state index is 10.5. The number of hydrogen-bond donors (Lipinski definition) is 3. The highest BCUT2D eigenvalue weighted by molar-refractivity contribution is 6.30. The van der Waals surface area contributed by atoms with Crippen LogP contribution in [0.3, 0.4) is 0 Å².